The van der Waals surface area contributed by atoms with E-state index in [2.05, 4.69) is 20.9 Å². The second kappa shape index (κ2) is 5.49. The van der Waals surface area contributed by atoms with Crippen molar-refractivity contribution in [2.45, 2.75) is 6.54 Å². The molecule has 0 amide bonds. The van der Waals surface area contributed by atoms with Gasteiger partial charge in [0.15, 0.2) is 0 Å². The third-order valence-corrected chi connectivity index (χ3v) is 3.26. The van der Waals surface area contributed by atoms with Gasteiger partial charge in [-0.25, -0.2) is 4.98 Å². The minimum Gasteiger partial charge on any atom is -0.436 e. The molecule has 1 heterocycles. The van der Waals surface area contributed by atoms with Crippen molar-refractivity contribution >= 4 is 27.5 Å². The Bertz CT molecular complexity index is 534. The quantitative estimate of drug-likeness (QED) is 0.939. The van der Waals surface area contributed by atoms with Gasteiger partial charge in [0.1, 0.15) is 10.8 Å². The topological polar surface area (TPSA) is 48.1 Å². The van der Waals surface area contributed by atoms with Gasteiger partial charge in [0.25, 0.3) is 0 Å². The molecule has 0 saturated carbocycles. The van der Waals surface area contributed by atoms with E-state index in [1.165, 1.54) is 0 Å². The van der Waals surface area contributed by atoms with Crippen LogP contribution in [0.1, 0.15) is 5.56 Å². The molecule has 0 radical (unpaired) electrons. The molecule has 3 nitrogen and oxygen atoms in total. The maximum Gasteiger partial charge on any atom is 0.238 e. The van der Waals surface area contributed by atoms with E-state index < -0.39 is 0 Å². The van der Waals surface area contributed by atoms with Crippen molar-refractivity contribution in [1.29, 1.82) is 0 Å². The lowest BCUT2D eigenvalue weighted by Crippen LogP contribution is -1.99. The van der Waals surface area contributed by atoms with Gasteiger partial charge in [-0.1, -0.05) is 23.7 Å². The predicted octanol–water partition coefficient (Wildman–Crippen LogP) is 3.75. The number of nitrogens with zero attached hydrogens (tertiary/aromatic N) is 1. The molecule has 0 bridgehead atoms. The smallest absolute Gasteiger partial charge is 0.238 e. The lowest BCUT2D eigenvalue weighted by Gasteiger charge is -2.09. The average molecular weight is 314 g/mol. The van der Waals surface area contributed by atoms with Crippen molar-refractivity contribution < 1.29 is 4.74 Å². The first-order valence-corrected chi connectivity index (χ1v) is 6.15. The molecule has 0 aliphatic heterocycles. The van der Waals surface area contributed by atoms with Crippen LogP contribution in [0.4, 0.5) is 0 Å². The molecule has 0 fully saturated rings. The van der Waals surface area contributed by atoms with Gasteiger partial charge in [0.2, 0.25) is 5.88 Å². The molecule has 5 heteroatoms. The Kier molecular flexibility index (Phi) is 3.99. The predicted molar refractivity (Wildman–Crippen MR) is 71.4 cm³/mol. The molecule has 1 aromatic heterocycles. The first-order valence-electron chi connectivity index (χ1n) is 4.98. The summed E-state index contributed by atoms with van der Waals surface area (Å²) in [6, 6.07) is 9.27. The zero-order valence-corrected chi connectivity index (χ0v) is 11.2. The van der Waals surface area contributed by atoms with Gasteiger partial charge in [-0.05, 0) is 39.7 Å². The fraction of sp³-hybridized carbons (Fsp3) is 0.0833. The minimum absolute atomic E-state index is 0.355. The maximum atomic E-state index is 6.13. The van der Waals surface area contributed by atoms with E-state index in [4.69, 9.17) is 22.1 Å². The van der Waals surface area contributed by atoms with Crippen LogP contribution in [0.2, 0.25) is 5.02 Å². The van der Waals surface area contributed by atoms with Crippen molar-refractivity contribution in [2.75, 3.05) is 0 Å². The lowest BCUT2D eigenvalue weighted by atomic mass is 10.2. The zero-order valence-electron chi connectivity index (χ0n) is 8.86. The summed E-state index contributed by atoms with van der Waals surface area (Å²) >= 11 is 9.52. The van der Waals surface area contributed by atoms with Crippen LogP contribution >= 0.6 is 27.5 Å². The molecule has 0 unspecified atom stereocenters. The van der Waals surface area contributed by atoms with Crippen LogP contribution in [-0.4, -0.2) is 4.98 Å². The zero-order chi connectivity index (χ0) is 12.3. The summed E-state index contributed by atoms with van der Waals surface area (Å²) in [5, 5.41) is 0.450. The molecule has 1 aromatic carbocycles. The second-order valence-electron chi connectivity index (χ2n) is 3.33. The number of ether oxygens (including phenoxy) is 1. The van der Waals surface area contributed by atoms with Crippen molar-refractivity contribution in [3.8, 4) is 11.6 Å². The van der Waals surface area contributed by atoms with Gasteiger partial charge in [-0.3, -0.25) is 0 Å². The average Bonchev–Trinajstić information content (AvgIpc) is 2.34. The third kappa shape index (κ3) is 2.77. The highest BCUT2D eigenvalue weighted by atomic mass is 79.9. The summed E-state index contributed by atoms with van der Waals surface area (Å²) in [7, 11) is 0. The normalized spacial score (nSPS) is 10.3. The Balaban J connectivity index is 2.34. The summed E-state index contributed by atoms with van der Waals surface area (Å²) in [4.78, 5) is 4.09. The summed E-state index contributed by atoms with van der Waals surface area (Å²) < 4.78 is 6.48. The van der Waals surface area contributed by atoms with E-state index >= 15 is 0 Å². The number of halogens is 2. The van der Waals surface area contributed by atoms with Crippen LogP contribution in [0.3, 0.4) is 0 Å². The highest BCUT2D eigenvalue weighted by Crippen LogP contribution is 2.33. The van der Waals surface area contributed by atoms with Gasteiger partial charge < -0.3 is 10.5 Å². The first-order chi connectivity index (χ1) is 8.22. The third-order valence-electron chi connectivity index (χ3n) is 2.20. The minimum atomic E-state index is 0.355. The van der Waals surface area contributed by atoms with Crippen molar-refractivity contribution in [3.63, 3.8) is 0 Å². The molecule has 2 rings (SSSR count). The van der Waals surface area contributed by atoms with E-state index in [9.17, 15) is 0 Å². The van der Waals surface area contributed by atoms with Gasteiger partial charge in [-0.2, -0.15) is 0 Å². The molecular weight excluding hydrogens is 304 g/mol. The van der Waals surface area contributed by atoms with Gasteiger partial charge in [-0.15, -0.1) is 0 Å². The molecule has 0 spiro atoms. The number of hydrogen-bond donors (Lipinski definition) is 1. The Labute approximate surface area is 113 Å². The molecular formula is C12H10BrClN2O. The van der Waals surface area contributed by atoms with E-state index in [1.54, 1.807) is 12.3 Å². The van der Waals surface area contributed by atoms with E-state index in [1.807, 2.05) is 24.3 Å². The molecule has 0 atom stereocenters. The van der Waals surface area contributed by atoms with Crippen LogP contribution < -0.4 is 10.5 Å². The Morgan fingerprint density at radius 2 is 2.06 bits per heavy atom. The van der Waals surface area contributed by atoms with E-state index in [-0.39, 0.29) is 0 Å². The van der Waals surface area contributed by atoms with Crippen LogP contribution in [0, 0.1) is 0 Å². The standard InChI is InChI=1S/C12H10BrClN2O/c13-9-3-1-2-4-10(9)17-12-11(14)8(7-15)5-6-16-12/h1-6H,7,15H2. The first kappa shape index (κ1) is 12.4. The van der Waals surface area contributed by atoms with Crippen LogP contribution in [0.15, 0.2) is 41.0 Å². The maximum absolute atomic E-state index is 6.13. The lowest BCUT2D eigenvalue weighted by molar-refractivity contribution is 0.459. The number of nitrogens with two attached hydrogens (primary N) is 1. The number of aromatic nitrogens is 1. The van der Waals surface area contributed by atoms with Crippen molar-refractivity contribution in [3.05, 3.63) is 51.6 Å². The fourth-order valence-corrected chi connectivity index (χ4v) is 1.92. The summed E-state index contributed by atoms with van der Waals surface area (Å²) in [6.07, 6.45) is 1.63. The monoisotopic (exact) mass is 312 g/mol. The second-order valence-corrected chi connectivity index (χ2v) is 4.56. The number of benzene rings is 1. The summed E-state index contributed by atoms with van der Waals surface area (Å²) in [5.41, 5.74) is 6.37. The van der Waals surface area contributed by atoms with Gasteiger partial charge in [0, 0.05) is 12.7 Å². The summed E-state index contributed by atoms with van der Waals surface area (Å²) in [5.74, 6) is 1.03. The Hall–Kier alpha value is -1.10. The highest BCUT2D eigenvalue weighted by molar-refractivity contribution is 9.10. The Morgan fingerprint density at radius 1 is 1.29 bits per heavy atom. The summed E-state index contributed by atoms with van der Waals surface area (Å²) in [6.45, 7) is 0.355. The molecule has 0 aliphatic rings. The van der Waals surface area contributed by atoms with Crippen LogP contribution in [0.25, 0.3) is 0 Å². The van der Waals surface area contributed by atoms with Crippen molar-refractivity contribution in [1.82, 2.24) is 4.98 Å². The van der Waals surface area contributed by atoms with Gasteiger partial charge >= 0.3 is 0 Å². The van der Waals surface area contributed by atoms with Crippen LogP contribution in [-0.2, 0) is 6.54 Å². The SMILES string of the molecule is NCc1ccnc(Oc2ccccc2Br)c1Cl. The van der Waals surface area contributed by atoms with E-state index in [0.29, 0.717) is 23.2 Å². The van der Waals surface area contributed by atoms with E-state index in [0.717, 1.165) is 10.0 Å². The number of rotatable bonds is 3. The number of para-hydroxylation sites is 1. The molecule has 0 saturated heterocycles. The number of hydrogen-bond acceptors (Lipinski definition) is 3. The largest absolute Gasteiger partial charge is 0.436 e. The Morgan fingerprint density at radius 3 is 2.76 bits per heavy atom. The highest BCUT2D eigenvalue weighted by Gasteiger charge is 2.10. The van der Waals surface area contributed by atoms with Crippen molar-refractivity contribution in [2.24, 2.45) is 5.73 Å². The molecule has 2 N–H and O–H groups in total. The molecule has 88 valence electrons. The fourth-order valence-electron chi connectivity index (χ4n) is 1.32. The van der Waals surface area contributed by atoms with Crippen LogP contribution in [0.5, 0.6) is 11.6 Å². The molecule has 2 aromatic rings. The van der Waals surface area contributed by atoms with Gasteiger partial charge in [0.05, 0.1) is 4.47 Å². The molecule has 17 heavy (non-hydrogen) atoms. The molecule has 0 aliphatic carbocycles. The number of pyridine rings is 1.